The van der Waals surface area contributed by atoms with Crippen molar-refractivity contribution in [2.75, 3.05) is 0 Å². The summed E-state index contributed by atoms with van der Waals surface area (Å²) < 4.78 is 14.4. The maximum absolute atomic E-state index is 7.19. The Morgan fingerprint density at radius 3 is 0.672 bits per heavy atom. The minimum absolute atomic E-state index is 0.556. The number of oxime groups is 2. The molecule has 0 spiro atoms. The Balaban J connectivity index is 1.24. The molecule has 0 N–H and O–H groups in total. The van der Waals surface area contributed by atoms with Crippen LogP contribution in [0.5, 0.6) is 0 Å². The van der Waals surface area contributed by atoms with Crippen molar-refractivity contribution in [1.82, 2.24) is 0 Å². The van der Waals surface area contributed by atoms with Crippen LogP contribution in [0.4, 0.5) is 0 Å². The van der Waals surface area contributed by atoms with Gasteiger partial charge >= 0.3 is 16.6 Å². The SMILES string of the molecule is c1ccc(C(CCC(=NO[Si](c2ccccc2)(c2ccccc2)c2ccccc2)c2ccccc2)=NO[Si](c2ccccc2)(c2ccccc2)c2ccccc2)cc1. The molecule has 0 aliphatic carbocycles. The monoisotopic (exact) mass is 784 g/mol. The molecular weight excluding hydrogens is 741 g/mol. The average molecular weight is 785 g/mol. The first-order valence-electron chi connectivity index (χ1n) is 19.7. The average Bonchev–Trinajstić information content (AvgIpc) is 3.32. The topological polar surface area (TPSA) is 43.2 Å². The van der Waals surface area contributed by atoms with Gasteiger partial charge in [-0.05, 0) is 55.1 Å². The third-order valence-electron chi connectivity index (χ3n) is 10.5. The van der Waals surface area contributed by atoms with Crippen LogP contribution in [0.25, 0.3) is 0 Å². The quantitative estimate of drug-likeness (QED) is 0.0459. The Morgan fingerprint density at radius 2 is 0.466 bits per heavy atom. The highest BCUT2D eigenvalue weighted by Crippen LogP contribution is 2.18. The Labute approximate surface area is 343 Å². The van der Waals surface area contributed by atoms with Gasteiger partial charge in [-0.1, -0.05) is 243 Å². The molecule has 0 radical (unpaired) electrons. The minimum atomic E-state index is -3.13. The largest absolute Gasteiger partial charge is 0.438 e. The van der Waals surface area contributed by atoms with E-state index in [0.29, 0.717) is 12.8 Å². The molecule has 8 aromatic rings. The molecule has 0 fully saturated rings. The highest BCUT2D eigenvalue weighted by atomic mass is 28.4. The zero-order valence-electron chi connectivity index (χ0n) is 32.2. The fraction of sp³-hybridized carbons (Fsp3) is 0.0385. The number of benzene rings is 8. The van der Waals surface area contributed by atoms with Gasteiger partial charge in [0.15, 0.2) is 0 Å². The molecule has 0 aliphatic rings. The Hall–Kier alpha value is -6.87. The van der Waals surface area contributed by atoms with E-state index in [1.807, 2.05) is 12.1 Å². The third kappa shape index (κ3) is 8.16. The molecular formula is C52H44N2O2Si2. The van der Waals surface area contributed by atoms with E-state index in [9.17, 15) is 0 Å². The van der Waals surface area contributed by atoms with Crippen molar-refractivity contribution in [1.29, 1.82) is 0 Å². The van der Waals surface area contributed by atoms with Crippen molar-refractivity contribution in [2.45, 2.75) is 12.8 Å². The first-order valence-corrected chi connectivity index (χ1v) is 23.5. The highest BCUT2D eigenvalue weighted by molar-refractivity contribution is 7.07. The zero-order valence-corrected chi connectivity index (χ0v) is 34.2. The molecule has 4 nitrogen and oxygen atoms in total. The molecule has 58 heavy (non-hydrogen) atoms. The van der Waals surface area contributed by atoms with Crippen LogP contribution in [-0.2, 0) is 9.05 Å². The van der Waals surface area contributed by atoms with Gasteiger partial charge in [0.05, 0.1) is 11.4 Å². The molecule has 0 aliphatic heterocycles. The molecule has 0 heterocycles. The Morgan fingerprint density at radius 1 is 0.276 bits per heavy atom. The number of rotatable bonds is 15. The van der Waals surface area contributed by atoms with Crippen molar-refractivity contribution < 1.29 is 9.05 Å². The number of nitrogens with zero attached hydrogens (tertiary/aromatic N) is 2. The molecule has 0 bridgehead atoms. The molecule has 0 aromatic heterocycles. The summed E-state index contributed by atoms with van der Waals surface area (Å²) in [5, 5.41) is 17.1. The maximum atomic E-state index is 7.19. The maximum Gasteiger partial charge on any atom is 0.380 e. The molecule has 0 saturated carbocycles. The van der Waals surface area contributed by atoms with Gasteiger partial charge in [0.2, 0.25) is 0 Å². The van der Waals surface area contributed by atoms with E-state index >= 15 is 0 Å². The lowest BCUT2D eigenvalue weighted by Gasteiger charge is -2.31. The number of hydrogen-bond donors (Lipinski definition) is 0. The van der Waals surface area contributed by atoms with Crippen molar-refractivity contribution in [2.24, 2.45) is 10.3 Å². The van der Waals surface area contributed by atoms with Gasteiger partial charge in [-0.3, -0.25) is 0 Å². The van der Waals surface area contributed by atoms with E-state index in [0.717, 1.165) is 53.7 Å². The Bertz CT molecular complexity index is 2150. The van der Waals surface area contributed by atoms with Gasteiger partial charge in [-0.25, -0.2) is 0 Å². The number of hydrogen-bond acceptors (Lipinski definition) is 4. The van der Waals surface area contributed by atoms with Gasteiger partial charge in [-0.2, -0.15) is 0 Å². The molecule has 8 rings (SSSR count). The second-order valence-electron chi connectivity index (χ2n) is 14.0. The van der Waals surface area contributed by atoms with E-state index in [-0.39, 0.29) is 0 Å². The molecule has 6 heteroatoms. The first kappa shape index (κ1) is 38.0. The van der Waals surface area contributed by atoms with E-state index in [2.05, 4.69) is 231 Å². The van der Waals surface area contributed by atoms with Gasteiger partial charge in [0.25, 0.3) is 0 Å². The lowest BCUT2D eigenvalue weighted by atomic mass is 10.0. The molecule has 0 saturated heterocycles. The van der Waals surface area contributed by atoms with Gasteiger partial charge < -0.3 is 9.05 Å². The fourth-order valence-electron chi connectivity index (χ4n) is 7.58. The summed E-state index contributed by atoms with van der Waals surface area (Å²) in [5.41, 5.74) is 3.66. The second-order valence-corrected chi connectivity index (χ2v) is 20.6. The van der Waals surface area contributed by atoms with Crippen LogP contribution >= 0.6 is 0 Å². The third-order valence-corrected chi connectivity index (χ3v) is 18.1. The predicted octanol–water partition coefficient (Wildman–Crippen LogP) is 7.94. The van der Waals surface area contributed by atoms with Crippen LogP contribution in [0.1, 0.15) is 24.0 Å². The van der Waals surface area contributed by atoms with Crippen LogP contribution in [0.3, 0.4) is 0 Å². The molecule has 8 aromatic carbocycles. The first-order chi connectivity index (χ1) is 28.8. The molecule has 282 valence electrons. The standard InChI is InChI=1S/C52H44N2O2Si2/c1-9-25-43(26-10-1)51(53-55-57(45-29-13-3-14-30-45,46-31-15-4-16-32-46)47-33-17-5-18-34-47)41-42-52(44-27-11-2-12-28-44)54-56-58(48-35-19-6-20-36-48,49-37-21-7-22-38-49)50-39-23-8-24-40-50/h1-40H,41-42H2. The van der Waals surface area contributed by atoms with Crippen LogP contribution in [0.15, 0.2) is 253 Å². The highest BCUT2D eigenvalue weighted by Gasteiger charge is 2.46. The molecule has 0 atom stereocenters. The minimum Gasteiger partial charge on any atom is -0.438 e. The van der Waals surface area contributed by atoms with Crippen molar-refractivity contribution in [3.63, 3.8) is 0 Å². The normalized spacial score (nSPS) is 12.1. The van der Waals surface area contributed by atoms with Crippen molar-refractivity contribution in [3.05, 3.63) is 254 Å². The van der Waals surface area contributed by atoms with E-state index in [4.69, 9.17) is 19.4 Å². The lowest BCUT2D eigenvalue weighted by Crippen LogP contribution is -2.68. The Kier molecular flexibility index (Phi) is 12.1. The summed E-state index contributed by atoms with van der Waals surface area (Å²) >= 11 is 0. The van der Waals surface area contributed by atoms with Crippen LogP contribution in [-0.4, -0.2) is 28.1 Å². The second kappa shape index (κ2) is 18.4. The summed E-state index contributed by atoms with van der Waals surface area (Å²) in [6.07, 6.45) is 1.11. The van der Waals surface area contributed by atoms with Gasteiger partial charge in [0, 0.05) is 0 Å². The summed E-state index contributed by atoms with van der Waals surface area (Å²) in [6, 6.07) is 84.0. The summed E-state index contributed by atoms with van der Waals surface area (Å²) in [5.74, 6) is 0. The van der Waals surface area contributed by atoms with E-state index in [1.165, 1.54) is 0 Å². The van der Waals surface area contributed by atoms with Crippen LogP contribution < -0.4 is 31.1 Å². The fourth-order valence-corrected chi connectivity index (χ4v) is 14.7. The summed E-state index contributed by atoms with van der Waals surface area (Å²) in [6.45, 7) is 0. The predicted molar refractivity (Wildman–Crippen MR) is 245 cm³/mol. The van der Waals surface area contributed by atoms with E-state index in [1.54, 1.807) is 0 Å². The van der Waals surface area contributed by atoms with Crippen LogP contribution in [0, 0.1) is 0 Å². The van der Waals surface area contributed by atoms with Crippen molar-refractivity contribution >= 4 is 59.2 Å². The van der Waals surface area contributed by atoms with Crippen LogP contribution in [0.2, 0.25) is 0 Å². The van der Waals surface area contributed by atoms with E-state index < -0.39 is 16.6 Å². The van der Waals surface area contributed by atoms with Crippen molar-refractivity contribution in [3.8, 4) is 0 Å². The molecule has 0 amide bonds. The zero-order chi connectivity index (χ0) is 39.3. The van der Waals surface area contributed by atoms with Gasteiger partial charge in [-0.15, -0.1) is 10.3 Å². The summed E-state index contributed by atoms with van der Waals surface area (Å²) in [4.78, 5) is 0. The lowest BCUT2D eigenvalue weighted by molar-refractivity contribution is 0.345. The molecule has 0 unspecified atom stereocenters. The summed E-state index contributed by atoms with van der Waals surface area (Å²) in [7, 11) is -6.26. The smallest absolute Gasteiger partial charge is 0.380 e. The van der Waals surface area contributed by atoms with Gasteiger partial charge in [0.1, 0.15) is 0 Å².